The number of amides is 3. The van der Waals surface area contributed by atoms with E-state index in [-0.39, 0.29) is 12.5 Å². The molecule has 10 nitrogen and oxygen atoms in total. The molecule has 0 radical (unpaired) electrons. The van der Waals surface area contributed by atoms with Gasteiger partial charge in [-0.15, -0.1) is 0 Å². The predicted molar refractivity (Wildman–Crippen MR) is 145 cm³/mol. The van der Waals surface area contributed by atoms with Crippen molar-refractivity contribution in [3.63, 3.8) is 0 Å². The van der Waals surface area contributed by atoms with E-state index in [9.17, 15) is 14.4 Å². The fraction of sp³-hybridized carbons (Fsp3) is 0.185. The van der Waals surface area contributed by atoms with Crippen LogP contribution in [0.2, 0.25) is 5.02 Å². The maximum Gasteiger partial charge on any atom is 0.329 e. The molecule has 0 aliphatic heterocycles. The fourth-order valence-corrected chi connectivity index (χ4v) is 3.30. The number of nitrogens with one attached hydrogen (secondary N) is 3. The van der Waals surface area contributed by atoms with Crippen molar-refractivity contribution in [2.75, 3.05) is 31.0 Å². The number of ether oxygens (including phenoxy) is 3. The van der Waals surface area contributed by atoms with E-state index < -0.39 is 11.8 Å². The largest absolute Gasteiger partial charge is 0.497 e. The maximum absolute atomic E-state index is 12.4. The van der Waals surface area contributed by atoms with E-state index in [0.717, 1.165) is 5.56 Å². The maximum atomic E-state index is 12.4. The lowest BCUT2D eigenvalue weighted by Crippen LogP contribution is -2.32. The van der Waals surface area contributed by atoms with Gasteiger partial charge >= 0.3 is 11.8 Å². The molecule has 0 unspecified atom stereocenters. The third-order valence-corrected chi connectivity index (χ3v) is 5.27. The minimum atomic E-state index is -0.942. The predicted octanol–water partition coefficient (Wildman–Crippen LogP) is 4.16. The van der Waals surface area contributed by atoms with E-state index in [1.807, 2.05) is 13.0 Å². The molecule has 0 heterocycles. The molecular formula is C27H27ClN4O6. The third kappa shape index (κ3) is 8.24. The molecular weight excluding hydrogens is 512 g/mol. The Bertz CT molecular complexity index is 1330. The topological polar surface area (TPSA) is 127 Å². The van der Waals surface area contributed by atoms with Crippen LogP contribution in [0.1, 0.15) is 18.1 Å². The second-order valence-corrected chi connectivity index (χ2v) is 8.25. The molecule has 0 bridgehead atoms. The Morgan fingerprint density at radius 2 is 1.68 bits per heavy atom. The standard InChI is InChI=1S/C27H27ClN4O6/c1-4-37-24-13-18(15-29-32-27(35)26(34)30-20-8-10-21(36-3)11-9-20)6-12-23(24)38-16-25(33)31-22-14-19(28)7-5-17(22)2/h5-15H,4,16H2,1-3H3,(H,30,34)(H,31,33)(H,32,35)/b29-15-. The number of anilines is 2. The van der Waals surface area contributed by atoms with Crippen molar-refractivity contribution in [3.05, 3.63) is 76.8 Å². The molecule has 3 rings (SSSR count). The van der Waals surface area contributed by atoms with Gasteiger partial charge in [0.1, 0.15) is 5.75 Å². The summed E-state index contributed by atoms with van der Waals surface area (Å²) in [7, 11) is 1.53. The third-order valence-electron chi connectivity index (χ3n) is 5.03. The minimum absolute atomic E-state index is 0.251. The number of aryl methyl sites for hydroxylation is 1. The van der Waals surface area contributed by atoms with E-state index in [4.69, 9.17) is 25.8 Å². The lowest BCUT2D eigenvalue weighted by atomic mass is 10.2. The molecule has 0 fully saturated rings. The Labute approximate surface area is 224 Å². The molecule has 38 heavy (non-hydrogen) atoms. The quantitative estimate of drug-likeness (QED) is 0.202. The molecule has 3 amide bonds. The van der Waals surface area contributed by atoms with Crippen molar-refractivity contribution in [2.24, 2.45) is 5.10 Å². The van der Waals surface area contributed by atoms with Gasteiger partial charge in [0.15, 0.2) is 18.1 Å². The first-order chi connectivity index (χ1) is 18.3. The van der Waals surface area contributed by atoms with Gasteiger partial charge in [0.2, 0.25) is 0 Å². The second kappa shape index (κ2) is 13.7. The van der Waals surface area contributed by atoms with Crippen LogP contribution in [-0.4, -0.2) is 44.3 Å². The first kappa shape index (κ1) is 28.0. The zero-order valence-corrected chi connectivity index (χ0v) is 21.8. The SMILES string of the molecule is CCOc1cc(/C=N\NC(=O)C(=O)Nc2ccc(OC)cc2)ccc1OCC(=O)Nc1cc(Cl)ccc1C. The smallest absolute Gasteiger partial charge is 0.329 e. The van der Waals surface area contributed by atoms with Crippen LogP contribution in [0.15, 0.2) is 65.8 Å². The second-order valence-electron chi connectivity index (χ2n) is 7.82. The molecule has 0 aliphatic rings. The van der Waals surface area contributed by atoms with Gasteiger partial charge in [0.05, 0.1) is 19.9 Å². The Kier molecular flexibility index (Phi) is 10.1. The molecule has 3 aromatic carbocycles. The Morgan fingerprint density at radius 3 is 2.39 bits per heavy atom. The van der Waals surface area contributed by atoms with Crippen molar-refractivity contribution >= 4 is 46.9 Å². The van der Waals surface area contributed by atoms with Crippen LogP contribution in [0, 0.1) is 6.92 Å². The van der Waals surface area contributed by atoms with E-state index in [1.165, 1.54) is 13.3 Å². The molecule has 0 saturated carbocycles. The summed E-state index contributed by atoms with van der Waals surface area (Å²) in [5.74, 6) is -0.827. The number of hydrogen-bond acceptors (Lipinski definition) is 7. The number of benzene rings is 3. The summed E-state index contributed by atoms with van der Waals surface area (Å²) in [5, 5.41) is 9.56. The summed E-state index contributed by atoms with van der Waals surface area (Å²) in [6.07, 6.45) is 1.35. The number of rotatable bonds is 10. The van der Waals surface area contributed by atoms with Gasteiger partial charge < -0.3 is 24.8 Å². The summed E-state index contributed by atoms with van der Waals surface area (Å²) in [6.45, 7) is 3.77. The Morgan fingerprint density at radius 1 is 0.921 bits per heavy atom. The number of methoxy groups -OCH3 is 1. The molecule has 0 aromatic heterocycles. The Hall–Kier alpha value is -4.57. The van der Waals surface area contributed by atoms with Crippen molar-refractivity contribution < 1.29 is 28.6 Å². The molecule has 198 valence electrons. The average Bonchev–Trinajstić information content (AvgIpc) is 2.90. The highest BCUT2D eigenvalue weighted by Crippen LogP contribution is 2.28. The number of nitrogens with zero attached hydrogens (tertiary/aromatic N) is 1. The van der Waals surface area contributed by atoms with Crippen LogP contribution in [0.5, 0.6) is 17.2 Å². The highest BCUT2D eigenvalue weighted by molar-refractivity contribution is 6.39. The molecule has 11 heteroatoms. The fourth-order valence-electron chi connectivity index (χ4n) is 3.13. The zero-order valence-electron chi connectivity index (χ0n) is 21.0. The highest BCUT2D eigenvalue weighted by atomic mass is 35.5. The van der Waals surface area contributed by atoms with Crippen molar-refractivity contribution in [3.8, 4) is 17.2 Å². The Balaban J connectivity index is 1.56. The summed E-state index contributed by atoms with van der Waals surface area (Å²) in [5.41, 5.74) is 4.64. The molecule has 3 N–H and O–H groups in total. The van der Waals surface area contributed by atoms with Gasteiger partial charge in [0, 0.05) is 16.4 Å². The van der Waals surface area contributed by atoms with E-state index in [0.29, 0.717) is 45.8 Å². The number of carbonyl (C=O) groups is 3. The first-order valence-electron chi connectivity index (χ1n) is 11.5. The number of hydrazone groups is 1. The van der Waals surface area contributed by atoms with Crippen LogP contribution in [-0.2, 0) is 14.4 Å². The van der Waals surface area contributed by atoms with Crippen LogP contribution in [0.3, 0.4) is 0 Å². The normalized spacial score (nSPS) is 10.5. The lowest BCUT2D eigenvalue weighted by molar-refractivity contribution is -0.136. The number of hydrogen-bond donors (Lipinski definition) is 3. The lowest BCUT2D eigenvalue weighted by Gasteiger charge is -2.13. The molecule has 0 aliphatic carbocycles. The summed E-state index contributed by atoms with van der Waals surface area (Å²) in [6, 6.07) is 16.6. The zero-order chi connectivity index (χ0) is 27.5. The molecule has 3 aromatic rings. The van der Waals surface area contributed by atoms with E-state index >= 15 is 0 Å². The van der Waals surface area contributed by atoms with Gasteiger partial charge in [0.25, 0.3) is 5.91 Å². The van der Waals surface area contributed by atoms with Gasteiger partial charge in [-0.25, -0.2) is 5.43 Å². The van der Waals surface area contributed by atoms with Gasteiger partial charge in [-0.05, 0) is 79.6 Å². The van der Waals surface area contributed by atoms with Crippen molar-refractivity contribution in [1.29, 1.82) is 0 Å². The van der Waals surface area contributed by atoms with Crippen LogP contribution in [0.4, 0.5) is 11.4 Å². The van der Waals surface area contributed by atoms with Gasteiger partial charge in [-0.1, -0.05) is 17.7 Å². The summed E-state index contributed by atoms with van der Waals surface area (Å²) >= 11 is 6.00. The molecule has 0 spiro atoms. The van der Waals surface area contributed by atoms with Gasteiger partial charge in [-0.3, -0.25) is 14.4 Å². The van der Waals surface area contributed by atoms with Crippen molar-refractivity contribution in [2.45, 2.75) is 13.8 Å². The van der Waals surface area contributed by atoms with E-state index in [1.54, 1.807) is 61.5 Å². The van der Waals surface area contributed by atoms with Crippen LogP contribution in [0.25, 0.3) is 0 Å². The van der Waals surface area contributed by atoms with Crippen LogP contribution >= 0.6 is 11.6 Å². The molecule has 0 saturated heterocycles. The van der Waals surface area contributed by atoms with Gasteiger partial charge in [-0.2, -0.15) is 5.10 Å². The minimum Gasteiger partial charge on any atom is -0.497 e. The van der Waals surface area contributed by atoms with Crippen LogP contribution < -0.4 is 30.3 Å². The van der Waals surface area contributed by atoms with E-state index in [2.05, 4.69) is 21.2 Å². The average molecular weight is 539 g/mol. The first-order valence-corrected chi connectivity index (χ1v) is 11.9. The number of carbonyl (C=O) groups excluding carboxylic acids is 3. The summed E-state index contributed by atoms with van der Waals surface area (Å²) < 4.78 is 16.3. The molecule has 0 atom stereocenters. The number of halogens is 1. The highest BCUT2D eigenvalue weighted by Gasteiger charge is 2.13. The summed E-state index contributed by atoms with van der Waals surface area (Å²) in [4.78, 5) is 36.5. The van der Waals surface area contributed by atoms with Crippen molar-refractivity contribution in [1.82, 2.24) is 5.43 Å². The monoisotopic (exact) mass is 538 g/mol.